The van der Waals surface area contributed by atoms with Crippen LogP contribution in [-0.2, 0) is 0 Å². The van der Waals surface area contributed by atoms with Gasteiger partial charge in [-0.3, -0.25) is 0 Å². The summed E-state index contributed by atoms with van der Waals surface area (Å²) < 4.78 is 6.81. The molecule has 0 saturated carbocycles. The molecule has 0 spiro atoms. The molecule has 0 aliphatic rings. The Bertz CT molecular complexity index is 8.04. The molecule has 0 fully saturated rings. The van der Waals surface area contributed by atoms with Crippen molar-refractivity contribution in [3.8, 4) is 0 Å². The van der Waals surface area contributed by atoms with E-state index in [0.29, 0.717) is 0 Å². The molecular weight excluding hydrogens is 200 g/mol. The van der Waals surface area contributed by atoms with Crippen molar-refractivity contribution in [2.75, 3.05) is 0 Å². The van der Waals surface area contributed by atoms with E-state index in [0.717, 1.165) is 0 Å². The van der Waals surface area contributed by atoms with Crippen LogP contribution in [0.4, 0.5) is 0 Å². The van der Waals surface area contributed by atoms with Gasteiger partial charge in [-0.1, -0.05) is 0 Å². The second-order valence-corrected chi connectivity index (χ2v) is 0. The molecule has 0 unspecified atom stereocenters. The van der Waals surface area contributed by atoms with Gasteiger partial charge in [0, 0.05) is 0 Å². The Kier molecular flexibility index (Phi) is 1460. The first kappa shape index (κ1) is 75.3. The summed E-state index contributed by atoms with van der Waals surface area (Å²) in [7, 11) is 0. The monoisotopic (exact) mass is 210 g/mol. The minimum absolute atomic E-state index is 0. The number of hydrogen-bond donors (Lipinski definition) is 1. The maximum atomic E-state index is 6.81. The van der Waals surface area contributed by atoms with Crippen molar-refractivity contribution in [3.05, 3.63) is 0 Å². The van der Waals surface area contributed by atoms with Gasteiger partial charge in [-0.05, 0) is 0 Å². The molecule has 0 aromatic carbocycles. The van der Waals surface area contributed by atoms with E-state index in [1.54, 1.807) is 0 Å². The fourth-order valence-electron chi connectivity index (χ4n) is 0. The van der Waals surface area contributed by atoms with E-state index in [4.69, 9.17) is 4.20 Å². The first-order valence-electron chi connectivity index (χ1n) is 0.169. The van der Waals surface area contributed by atoms with Crippen LogP contribution in [-0.4, -0.2) is 63.8 Å². The average molecular weight is 211 g/mol. The third-order valence-corrected chi connectivity index (χ3v) is 0. The molecule has 0 aliphatic carbocycles. The van der Waals surface area contributed by atoms with Gasteiger partial charge in [0.2, 0.25) is 0 Å². The van der Waals surface area contributed by atoms with Crippen molar-refractivity contribution in [2.24, 2.45) is 0 Å². The van der Waals surface area contributed by atoms with Crippen LogP contribution in [0.1, 0.15) is 0 Å². The summed E-state index contributed by atoms with van der Waals surface area (Å²) in [5.41, 5.74) is 0. The van der Waals surface area contributed by atoms with Crippen molar-refractivity contribution in [1.29, 1.82) is 0 Å². The van der Waals surface area contributed by atoms with Gasteiger partial charge < -0.3 is 26.1 Å². The molecule has 0 bridgehead atoms. The topological polar surface area (TPSA) is 146 Å². The van der Waals surface area contributed by atoms with Gasteiger partial charge in [-0.25, -0.2) is 0 Å². The summed E-state index contributed by atoms with van der Waals surface area (Å²) in [5, 5.41) is 0. The molecule has 5 nitrogen and oxygen atoms in total. The summed E-state index contributed by atoms with van der Waals surface area (Å²) in [6, 6.07) is 0. The molecule has 0 atom stereocenters. The Morgan fingerprint density at radius 3 is 0.714 bits per heavy atom. The van der Waals surface area contributed by atoms with E-state index in [2.05, 4.69) is 0 Å². The van der Waals surface area contributed by atoms with E-state index in [1.165, 1.54) is 0 Å². The second kappa shape index (κ2) is 136. The molecule has 0 aromatic heterocycles. The molecule has 0 amide bonds. The van der Waals surface area contributed by atoms with Crippen LogP contribution >= 0.6 is 16.3 Å². The maximum absolute atomic E-state index is 6.81. The van der Waals surface area contributed by atoms with Crippen molar-refractivity contribution in [3.63, 3.8) is 0 Å². The summed E-state index contributed by atoms with van der Waals surface area (Å²) in [6.07, 6.45) is 0. The van der Waals surface area contributed by atoms with Gasteiger partial charge in [0.25, 0.3) is 0 Å². The third-order valence-electron chi connectivity index (χ3n) is 0. The second-order valence-electron chi connectivity index (χ2n) is 0. The normalized spacial score (nSPS) is 0.857. The predicted molar refractivity (Wildman–Crippen MR) is 34.1 cm³/mol. The van der Waals surface area contributed by atoms with Crippen molar-refractivity contribution >= 4 is 54.0 Å². The van der Waals surface area contributed by atoms with Crippen molar-refractivity contribution in [2.45, 2.75) is 0 Å². The fraction of sp³-hybridized carbons (Fsp3) is 0. The van der Waals surface area contributed by atoms with Crippen LogP contribution in [0.15, 0.2) is 0 Å². The van der Waals surface area contributed by atoms with Gasteiger partial charge in [-0.15, -0.1) is 0 Å². The fourth-order valence-corrected chi connectivity index (χ4v) is 0. The Balaban J connectivity index is -0.000000000500. The first-order chi connectivity index (χ1) is 1.00. The van der Waals surface area contributed by atoms with Crippen molar-refractivity contribution < 1.29 is 26.1 Å². The van der Waals surface area contributed by atoms with Gasteiger partial charge >= 0.3 is 37.7 Å². The van der Waals surface area contributed by atoms with E-state index in [1.807, 2.05) is 16.3 Å². The molecule has 50 valence electrons. The molecule has 0 radical (unpaired) electrons. The summed E-state index contributed by atoms with van der Waals surface area (Å²) in [4.78, 5) is 0. The van der Waals surface area contributed by atoms with Crippen LogP contribution in [0.25, 0.3) is 0 Å². The molecule has 9 N–H and O–H groups in total. The summed E-state index contributed by atoms with van der Waals surface area (Å²) in [5.74, 6) is 0. The molecule has 0 saturated heterocycles. The minimum atomic E-state index is 0. The molecule has 0 rings (SSSR count). The molecular formula is H11BrCaO5. The number of hydrogen-bond acceptors (Lipinski definition) is 1. The zero-order valence-electron chi connectivity index (χ0n) is 2.83. The molecule has 7 heavy (non-hydrogen) atoms. The van der Waals surface area contributed by atoms with Crippen LogP contribution in [0.5, 0.6) is 0 Å². The Hall–Kier alpha value is 1.54. The Labute approximate surface area is 79.4 Å². The van der Waals surface area contributed by atoms with E-state index in [-0.39, 0.29) is 59.6 Å². The summed E-state index contributed by atoms with van der Waals surface area (Å²) >= 11 is 1.94. The molecule has 0 aliphatic heterocycles. The average Bonchev–Trinajstić information content (AvgIpc) is 1.00. The molecule has 0 heterocycles. The van der Waals surface area contributed by atoms with Gasteiger partial charge in [0.05, 0.1) is 16.3 Å². The van der Waals surface area contributed by atoms with Crippen molar-refractivity contribution in [1.82, 2.24) is 0 Å². The molecule has 7 heteroatoms. The zero-order valence-corrected chi connectivity index (χ0v) is 4.41. The summed E-state index contributed by atoms with van der Waals surface area (Å²) in [6.45, 7) is 0. The third kappa shape index (κ3) is 97.6. The molecule has 0 aromatic rings. The van der Waals surface area contributed by atoms with Gasteiger partial charge in [0.1, 0.15) is 0 Å². The van der Waals surface area contributed by atoms with Gasteiger partial charge in [-0.2, -0.15) is 0 Å². The van der Waals surface area contributed by atoms with Crippen LogP contribution < -0.4 is 0 Å². The van der Waals surface area contributed by atoms with Gasteiger partial charge in [0.15, 0.2) is 0 Å². The van der Waals surface area contributed by atoms with Crippen LogP contribution in [0.2, 0.25) is 0 Å². The Morgan fingerprint density at radius 1 is 0.714 bits per heavy atom. The van der Waals surface area contributed by atoms with E-state index >= 15 is 0 Å². The number of halogens is 1. The van der Waals surface area contributed by atoms with E-state index < -0.39 is 0 Å². The van der Waals surface area contributed by atoms with Crippen LogP contribution in [0, 0.1) is 0 Å². The quantitative estimate of drug-likeness (QED) is 0.400. The predicted octanol–water partition coefficient (Wildman–Crippen LogP) is -3.93. The standard InChI is InChI=1S/BrHO.Ca.4H2O.2H/c1-2;;;;;;;/h2H;;4*1H2;;. The zero-order chi connectivity index (χ0) is 2.00. The van der Waals surface area contributed by atoms with Crippen LogP contribution in [0.3, 0.4) is 0 Å². The SMILES string of the molecule is O.O.O.O.OBr.[CaH2]. The first-order valence-corrected chi connectivity index (χ1v) is 0.878. The Morgan fingerprint density at radius 2 is 0.714 bits per heavy atom. The number of rotatable bonds is 0. The van der Waals surface area contributed by atoms with E-state index in [9.17, 15) is 0 Å².